The third-order valence-electron chi connectivity index (χ3n) is 2.51. The Morgan fingerprint density at radius 3 is 2.17 bits per heavy atom. The molecule has 0 radical (unpaired) electrons. The Labute approximate surface area is 106 Å². The maximum Gasteiger partial charge on any atom is 0.348 e. The third-order valence-corrected chi connectivity index (χ3v) is 2.51. The number of nitrogens with zero attached hydrogens (tertiary/aromatic N) is 1. The van der Waals surface area contributed by atoms with Crippen LogP contribution >= 0.6 is 0 Å². The van der Waals surface area contributed by atoms with Crippen LogP contribution in [0.2, 0.25) is 0 Å². The van der Waals surface area contributed by atoms with Crippen LogP contribution in [0.1, 0.15) is 25.0 Å². The zero-order valence-corrected chi connectivity index (χ0v) is 10.5. The normalized spacial score (nSPS) is 9.89. The summed E-state index contributed by atoms with van der Waals surface area (Å²) in [6.45, 7) is 3.87. The van der Waals surface area contributed by atoms with E-state index in [0.717, 1.165) is 11.1 Å². The maximum atomic E-state index is 11.5. The number of benzene rings is 1. The smallest absolute Gasteiger partial charge is 0.348 e. The summed E-state index contributed by atoms with van der Waals surface area (Å²) in [5, 5.41) is 12.2. The molecule has 1 rings (SSSR count). The molecule has 0 saturated heterocycles. The SMILES string of the molecule is CCc1cc(O)cc(CC)c1NC(=O)N=C(N)N. The van der Waals surface area contributed by atoms with Gasteiger partial charge in [-0.3, -0.25) is 0 Å². The van der Waals surface area contributed by atoms with E-state index < -0.39 is 6.03 Å². The van der Waals surface area contributed by atoms with Crippen molar-refractivity contribution in [2.45, 2.75) is 26.7 Å². The third kappa shape index (κ3) is 3.38. The van der Waals surface area contributed by atoms with Gasteiger partial charge >= 0.3 is 6.03 Å². The first-order chi connectivity index (χ1) is 8.47. The number of amides is 2. The lowest BCUT2D eigenvalue weighted by molar-refractivity contribution is 0.259. The molecule has 18 heavy (non-hydrogen) atoms. The van der Waals surface area contributed by atoms with E-state index in [1.807, 2.05) is 13.8 Å². The van der Waals surface area contributed by atoms with E-state index in [0.29, 0.717) is 18.5 Å². The average molecular weight is 250 g/mol. The number of urea groups is 1. The number of aromatic hydroxyl groups is 1. The van der Waals surface area contributed by atoms with Gasteiger partial charge in [0.25, 0.3) is 0 Å². The number of hydrogen-bond donors (Lipinski definition) is 4. The predicted octanol–water partition coefficient (Wildman–Crippen LogP) is 1.32. The number of nitrogens with one attached hydrogen (secondary N) is 1. The summed E-state index contributed by atoms with van der Waals surface area (Å²) < 4.78 is 0. The molecule has 98 valence electrons. The van der Waals surface area contributed by atoms with Gasteiger partial charge in [-0.25, -0.2) is 4.79 Å². The number of hydrogen-bond acceptors (Lipinski definition) is 2. The fraction of sp³-hybridized carbons (Fsp3) is 0.333. The molecule has 6 heteroatoms. The quantitative estimate of drug-likeness (QED) is 0.368. The van der Waals surface area contributed by atoms with Crippen molar-refractivity contribution in [3.63, 3.8) is 0 Å². The Morgan fingerprint density at radius 2 is 1.78 bits per heavy atom. The summed E-state index contributed by atoms with van der Waals surface area (Å²) in [5.41, 5.74) is 12.6. The van der Waals surface area contributed by atoms with E-state index in [9.17, 15) is 9.90 Å². The van der Waals surface area contributed by atoms with Crippen molar-refractivity contribution in [2.24, 2.45) is 16.5 Å². The van der Waals surface area contributed by atoms with E-state index in [4.69, 9.17) is 11.5 Å². The molecular formula is C12H18N4O2. The molecule has 1 aromatic carbocycles. The predicted molar refractivity (Wildman–Crippen MR) is 71.7 cm³/mol. The zero-order valence-electron chi connectivity index (χ0n) is 10.5. The van der Waals surface area contributed by atoms with Crippen LogP contribution in [0.25, 0.3) is 0 Å². The van der Waals surface area contributed by atoms with Crippen LogP contribution in [0.5, 0.6) is 5.75 Å². The number of aryl methyl sites for hydroxylation is 2. The highest BCUT2D eigenvalue weighted by Crippen LogP contribution is 2.27. The van der Waals surface area contributed by atoms with E-state index in [1.165, 1.54) is 0 Å². The summed E-state index contributed by atoms with van der Waals surface area (Å²) >= 11 is 0. The number of phenols is 1. The fourth-order valence-corrected chi connectivity index (χ4v) is 1.72. The van der Waals surface area contributed by atoms with Crippen molar-refractivity contribution in [2.75, 3.05) is 5.32 Å². The Hall–Kier alpha value is -2.24. The van der Waals surface area contributed by atoms with Crippen LogP contribution in [0.3, 0.4) is 0 Å². The van der Waals surface area contributed by atoms with Crippen molar-refractivity contribution in [1.29, 1.82) is 0 Å². The molecule has 0 aromatic heterocycles. The van der Waals surface area contributed by atoms with Crippen molar-refractivity contribution < 1.29 is 9.90 Å². The van der Waals surface area contributed by atoms with Gasteiger partial charge in [0.1, 0.15) is 5.75 Å². The monoisotopic (exact) mass is 250 g/mol. The second-order valence-corrected chi connectivity index (χ2v) is 3.81. The fourth-order valence-electron chi connectivity index (χ4n) is 1.72. The molecule has 0 bridgehead atoms. The Morgan fingerprint density at radius 1 is 1.28 bits per heavy atom. The van der Waals surface area contributed by atoms with Crippen LogP contribution in [-0.4, -0.2) is 17.1 Å². The van der Waals surface area contributed by atoms with Gasteiger partial charge in [0.2, 0.25) is 0 Å². The van der Waals surface area contributed by atoms with Gasteiger partial charge in [0, 0.05) is 5.69 Å². The number of carbonyl (C=O) groups excluding carboxylic acids is 1. The number of guanidine groups is 1. The summed E-state index contributed by atoms with van der Waals surface area (Å²) in [6.07, 6.45) is 1.36. The van der Waals surface area contributed by atoms with E-state index in [1.54, 1.807) is 12.1 Å². The molecule has 6 N–H and O–H groups in total. The van der Waals surface area contributed by atoms with Gasteiger partial charge in [-0.2, -0.15) is 4.99 Å². The van der Waals surface area contributed by atoms with E-state index >= 15 is 0 Å². The number of aliphatic imine (C=N–C) groups is 1. The molecule has 0 unspecified atom stereocenters. The van der Waals surface area contributed by atoms with Gasteiger partial charge in [-0.15, -0.1) is 0 Å². The Kier molecular flexibility index (Phi) is 4.53. The van der Waals surface area contributed by atoms with Crippen LogP contribution in [0.15, 0.2) is 17.1 Å². The molecule has 0 atom stereocenters. The van der Waals surface area contributed by atoms with Crippen LogP contribution in [0, 0.1) is 0 Å². The number of phenolic OH excluding ortho intramolecular Hbond substituents is 1. The standard InChI is InChI=1S/C12H18N4O2/c1-3-7-5-9(17)6-8(4-2)10(7)15-12(18)16-11(13)14/h5-6,17H,3-4H2,1-2H3,(H5,13,14,15,16,18). The lowest BCUT2D eigenvalue weighted by atomic mass is 10.0. The highest BCUT2D eigenvalue weighted by molar-refractivity contribution is 5.99. The number of rotatable bonds is 3. The van der Waals surface area contributed by atoms with Gasteiger partial charge in [-0.05, 0) is 36.1 Å². The molecule has 6 nitrogen and oxygen atoms in total. The summed E-state index contributed by atoms with van der Waals surface area (Å²) in [7, 11) is 0. The van der Waals surface area contributed by atoms with Gasteiger partial charge in [0.15, 0.2) is 5.96 Å². The first kappa shape index (κ1) is 13.8. The summed E-state index contributed by atoms with van der Waals surface area (Å²) in [5.74, 6) is -0.106. The molecule has 0 heterocycles. The number of carbonyl (C=O) groups is 1. The zero-order chi connectivity index (χ0) is 13.7. The highest BCUT2D eigenvalue weighted by atomic mass is 16.3. The molecule has 0 saturated carbocycles. The van der Waals surface area contributed by atoms with Gasteiger partial charge in [-0.1, -0.05) is 13.8 Å². The maximum absolute atomic E-state index is 11.5. The van der Waals surface area contributed by atoms with E-state index in [-0.39, 0.29) is 11.7 Å². The molecular weight excluding hydrogens is 232 g/mol. The molecule has 0 spiro atoms. The minimum atomic E-state index is -0.620. The first-order valence-electron chi connectivity index (χ1n) is 5.73. The van der Waals surface area contributed by atoms with Crippen molar-refractivity contribution in [3.8, 4) is 5.75 Å². The van der Waals surface area contributed by atoms with Crippen molar-refractivity contribution >= 4 is 17.7 Å². The average Bonchev–Trinajstić information content (AvgIpc) is 2.29. The highest BCUT2D eigenvalue weighted by Gasteiger charge is 2.11. The van der Waals surface area contributed by atoms with E-state index in [2.05, 4.69) is 10.3 Å². The second-order valence-electron chi connectivity index (χ2n) is 3.81. The lowest BCUT2D eigenvalue weighted by Crippen LogP contribution is -2.25. The minimum Gasteiger partial charge on any atom is -0.508 e. The first-order valence-corrected chi connectivity index (χ1v) is 5.73. The topological polar surface area (TPSA) is 114 Å². The Bertz CT molecular complexity index is 454. The molecule has 0 fully saturated rings. The summed E-state index contributed by atoms with van der Waals surface area (Å²) in [4.78, 5) is 14.9. The number of nitrogens with two attached hydrogens (primary N) is 2. The van der Waals surface area contributed by atoms with Crippen molar-refractivity contribution in [1.82, 2.24) is 0 Å². The van der Waals surface area contributed by atoms with Crippen LogP contribution in [0.4, 0.5) is 10.5 Å². The molecule has 1 aromatic rings. The molecule has 0 aliphatic rings. The summed E-state index contributed by atoms with van der Waals surface area (Å²) in [6, 6.07) is 2.61. The molecule has 0 aliphatic heterocycles. The van der Waals surface area contributed by atoms with Crippen LogP contribution < -0.4 is 16.8 Å². The van der Waals surface area contributed by atoms with Gasteiger partial charge in [0.05, 0.1) is 0 Å². The van der Waals surface area contributed by atoms with Crippen LogP contribution in [-0.2, 0) is 12.8 Å². The number of anilines is 1. The Balaban J connectivity index is 3.14. The molecule has 2 amide bonds. The second kappa shape index (κ2) is 5.90. The largest absolute Gasteiger partial charge is 0.508 e. The lowest BCUT2D eigenvalue weighted by Gasteiger charge is -2.13. The molecule has 0 aliphatic carbocycles. The van der Waals surface area contributed by atoms with Crippen molar-refractivity contribution in [3.05, 3.63) is 23.3 Å². The van der Waals surface area contributed by atoms with Gasteiger partial charge < -0.3 is 21.9 Å². The minimum absolute atomic E-state index is 0.184.